The molecule has 1 heterocycles. The van der Waals surface area contributed by atoms with Crippen LogP contribution in [0.5, 0.6) is 0 Å². The van der Waals surface area contributed by atoms with E-state index in [9.17, 15) is 4.79 Å². The fourth-order valence-corrected chi connectivity index (χ4v) is 1.75. The molecule has 1 amide bonds. The molecule has 2 unspecified atom stereocenters. The van der Waals surface area contributed by atoms with Gasteiger partial charge in [-0.25, -0.2) is 0 Å². The monoisotopic (exact) mass is 236 g/mol. The van der Waals surface area contributed by atoms with Crippen LogP contribution in [0.2, 0.25) is 0 Å². The minimum Gasteiger partial charge on any atom is -0.368 e. The maximum absolute atomic E-state index is 11.7. The number of aromatic nitrogens is 2. The van der Waals surface area contributed by atoms with Crippen molar-refractivity contribution in [1.82, 2.24) is 15.3 Å². The standard InChI is InChI=1S/C12H20N4O/c1-5-8(2)16-12(4,11(13)17)10-9(3)14-6-7-15-10/h6-8,16H,5H2,1-4H3,(H2,13,17). The number of nitrogens with zero attached hydrogens (tertiary/aromatic N) is 2. The first kappa shape index (κ1) is 13.6. The van der Waals surface area contributed by atoms with Crippen LogP contribution in [-0.2, 0) is 10.3 Å². The second-order valence-electron chi connectivity index (χ2n) is 4.43. The van der Waals surface area contributed by atoms with Gasteiger partial charge in [0, 0.05) is 18.4 Å². The van der Waals surface area contributed by atoms with Crippen LogP contribution >= 0.6 is 0 Å². The van der Waals surface area contributed by atoms with E-state index in [0.717, 1.165) is 6.42 Å². The van der Waals surface area contributed by atoms with Gasteiger partial charge in [0.1, 0.15) is 5.54 Å². The summed E-state index contributed by atoms with van der Waals surface area (Å²) in [7, 11) is 0. The van der Waals surface area contributed by atoms with Crippen LogP contribution in [0.4, 0.5) is 0 Å². The smallest absolute Gasteiger partial charge is 0.243 e. The predicted molar refractivity (Wildman–Crippen MR) is 66.2 cm³/mol. The summed E-state index contributed by atoms with van der Waals surface area (Å²) >= 11 is 0. The highest BCUT2D eigenvalue weighted by Crippen LogP contribution is 2.21. The second kappa shape index (κ2) is 5.23. The minimum absolute atomic E-state index is 0.175. The molecule has 0 radical (unpaired) electrons. The highest BCUT2D eigenvalue weighted by Gasteiger charge is 2.37. The van der Waals surface area contributed by atoms with Gasteiger partial charge in [0.15, 0.2) is 0 Å². The average Bonchev–Trinajstić information content (AvgIpc) is 2.28. The number of rotatable bonds is 5. The van der Waals surface area contributed by atoms with Crippen molar-refractivity contribution in [2.45, 2.75) is 45.7 Å². The molecule has 0 aliphatic carbocycles. The molecule has 0 bridgehead atoms. The lowest BCUT2D eigenvalue weighted by Gasteiger charge is -2.30. The van der Waals surface area contributed by atoms with E-state index < -0.39 is 11.4 Å². The Morgan fingerprint density at radius 3 is 2.59 bits per heavy atom. The van der Waals surface area contributed by atoms with Crippen LogP contribution in [0.1, 0.15) is 38.6 Å². The number of aryl methyl sites for hydroxylation is 1. The van der Waals surface area contributed by atoms with Crippen molar-refractivity contribution >= 4 is 5.91 Å². The maximum Gasteiger partial charge on any atom is 0.243 e. The van der Waals surface area contributed by atoms with Gasteiger partial charge in [-0.3, -0.25) is 20.1 Å². The van der Waals surface area contributed by atoms with Crippen molar-refractivity contribution in [3.63, 3.8) is 0 Å². The fraction of sp³-hybridized carbons (Fsp3) is 0.583. The first-order chi connectivity index (χ1) is 7.91. The van der Waals surface area contributed by atoms with Gasteiger partial charge in [0.2, 0.25) is 5.91 Å². The quantitative estimate of drug-likeness (QED) is 0.795. The number of nitrogens with one attached hydrogen (secondary N) is 1. The first-order valence-electron chi connectivity index (χ1n) is 5.77. The van der Waals surface area contributed by atoms with E-state index in [4.69, 9.17) is 5.73 Å². The molecule has 94 valence electrons. The molecule has 1 aromatic rings. The van der Waals surface area contributed by atoms with E-state index in [1.165, 1.54) is 0 Å². The van der Waals surface area contributed by atoms with Gasteiger partial charge in [-0.05, 0) is 27.2 Å². The first-order valence-corrected chi connectivity index (χ1v) is 5.77. The number of primary amides is 1. The number of carbonyl (C=O) groups is 1. The highest BCUT2D eigenvalue weighted by molar-refractivity contribution is 5.85. The molecule has 1 rings (SSSR count). The molecule has 17 heavy (non-hydrogen) atoms. The summed E-state index contributed by atoms with van der Waals surface area (Å²) in [4.78, 5) is 20.1. The van der Waals surface area contributed by atoms with Crippen molar-refractivity contribution in [3.05, 3.63) is 23.8 Å². The van der Waals surface area contributed by atoms with Crippen molar-refractivity contribution in [2.75, 3.05) is 0 Å². The van der Waals surface area contributed by atoms with Gasteiger partial charge >= 0.3 is 0 Å². The van der Waals surface area contributed by atoms with Crippen LogP contribution < -0.4 is 11.1 Å². The normalized spacial score (nSPS) is 16.2. The topological polar surface area (TPSA) is 80.9 Å². The van der Waals surface area contributed by atoms with Crippen LogP contribution in [0.3, 0.4) is 0 Å². The third-order valence-electron chi connectivity index (χ3n) is 3.00. The molecule has 0 aliphatic rings. The molecule has 5 nitrogen and oxygen atoms in total. The molecule has 5 heteroatoms. The number of hydrogen-bond donors (Lipinski definition) is 2. The van der Waals surface area contributed by atoms with Gasteiger partial charge in [-0.15, -0.1) is 0 Å². The van der Waals surface area contributed by atoms with Gasteiger partial charge in [-0.2, -0.15) is 0 Å². The number of carbonyl (C=O) groups excluding carboxylic acids is 1. The molecule has 0 aromatic carbocycles. The summed E-state index contributed by atoms with van der Waals surface area (Å²) < 4.78 is 0. The third-order valence-corrected chi connectivity index (χ3v) is 3.00. The van der Waals surface area contributed by atoms with Crippen molar-refractivity contribution in [1.29, 1.82) is 0 Å². The lowest BCUT2D eigenvalue weighted by molar-refractivity contribution is -0.124. The second-order valence-corrected chi connectivity index (χ2v) is 4.43. The number of amides is 1. The minimum atomic E-state index is -0.978. The van der Waals surface area contributed by atoms with Crippen LogP contribution in [0.15, 0.2) is 12.4 Å². The van der Waals surface area contributed by atoms with Gasteiger partial charge in [0.25, 0.3) is 0 Å². The maximum atomic E-state index is 11.7. The SMILES string of the molecule is CCC(C)NC(C)(C(N)=O)c1nccnc1C. The van der Waals surface area contributed by atoms with Gasteiger partial charge in [0.05, 0.1) is 11.4 Å². The Balaban J connectivity index is 3.17. The molecular weight excluding hydrogens is 216 g/mol. The lowest BCUT2D eigenvalue weighted by atomic mass is 9.93. The summed E-state index contributed by atoms with van der Waals surface area (Å²) in [6.45, 7) is 7.62. The molecule has 3 N–H and O–H groups in total. The van der Waals surface area contributed by atoms with Crippen molar-refractivity contribution in [2.24, 2.45) is 5.73 Å². The van der Waals surface area contributed by atoms with E-state index >= 15 is 0 Å². The van der Waals surface area contributed by atoms with E-state index in [-0.39, 0.29) is 6.04 Å². The Labute approximate surface area is 102 Å². The van der Waals surface area contributed by atoms with Gasteiger partial charge < -0.3 is 5.73 Å². The largest absolute Gasteiger partial charge is 0.368 e. The van der Waals surface area contributed by atoms with E-state index in [1.54, 1.807) is 19.3 Å². The molecule has 0 fully saturated rings. The average molecular weight is 236 g/mol. The van der Waals surface area contributed by atoms with E-state index in [1.807, 2.05) is 20.8 Å². The highest BCUT2D eigenvalue weighted by atomic mass is 16.1. The summed E-state index contributed by atoms with van der Waals surface area (Å²) in [5.74, 6) is -0.443. The molecule has 0 aliphatic heterocycles. The Hall–Kier alpha value is -1.49. The molecule has 0 saturated carbocycles. The molecule has 0 saturated heterocycles. The summed E-state index contributed by atoms with van der Waals surface area (Å²) in [5, 5.41) is 3.22. The zero-order valence-electron chi connectivity index (χ0n) is 10.8. The zero-order chi connectivity index (χ0) is 13.1. The van der Waals surface area contributed by atoms with Crippen LogP contribution in [0, 0.1) is 6.92 Å². The molecule has 1 aromatic heterocycles. The van der Waals surface area contributed by atoms with Gasteiger partial charge in [-0.1, -0.05) is 6.92 Å². The zero-order valence-corrected chi connectivity index (χ0v) is 10.8. The van der Waals surface area contributed by atoms with E-state index in [0.29, 0.717) is 11.4 Å². The third kappa shape index (κ3) is 2.79. The van der Waals surface area contributed by atoms with Crippen molar-refractivity contribution in [3.8, 4) is 0 Å². The molecule has 0 spiro atoms. The Bertz CT molecular complexity index is 407. The van der Waals surface area contributed by atoms with E-state index in [2.05, 4.69) is 15.3 Å². The van der Waals surface area contributed by atoms with Crippen LogP contribution in [-0.4, -0.2) is 21.9 Å². The van der Waals surface area contributed by atoms with Crippen molar-refractivity contribution < 1.29 is 4.79 Å². The summed E-state index contributed by atoms with van der Waals surface area (Å²) in [6, 6.07) is 0.175. The predicted octanol–water partition coefficient (Wildman–Crippen LogP) is 0.874. The van der Waals surface area contributed by atoms with Crippen LogP contribution in [0.25, 0.3) is 0 Å². The Morgan fingerprint density at radius 2 is 2.12 bits per heavy atom. The Kier molecular flexibility index (Phi) is 4.17. The summed E-state index contributed by atoms with van der Waals surface area (Å²) in [5.41, 5.74) is 5.83. The lowest BCUT2D eigenvalue weighted by Crippen LogP contribution is -2.54. The Morgan fingerprint density at radius 1 is 1.53 bits per heavy atom. The molecule has 2 atom stereocenters. The number of hydrogen-bond acceptors (Lipinski definition) is 4. The number of nitrogens with two attached hydrogens (primary N) is 1. The molecular formula is C12H20N4O. The summed E-state index contributed by atoms with van der Waals surface area (Å²) in [6.07, 6.45) is 4.08. The fourth-order valence-electron chi connectivity index (χ4n) is 1.75.